The number of hydrogen-bond acceptors (Lipinski definition) is 5. The van der Waals surface area contributed by atoms with E-state index in [1.807, 2.05) is 34.0 Å². The maximum Gasteiger partial charge on any atom is 0.251 e. The third kappa shape index (κ3) is 3.71. The molecule has 0 unspecified atom stereocenters. The Balaban J connectivity index is 1.30. The maximum absolute atomic E-state index is 12.4. The Bertz CT molecular complexity index is 703. The van der Waals surface area contributed by atoms with E-state index in [-0.39, 0.29) is 12.0 Å². The van der Waals surface area contributed by atoms with Crippen LogP contribution in [-0.4, -0.2) is 56.6 Å². The maximum atomic E-state index is 12.4. The SMILES string of the molecule is O=C([C@@H]1CCCO1)N1CCC(Cn2cc(-c3ccccn3)nn2)CC1. The van der Waals surface area contributed by atoms with Gasteiger partial charge in [0.2, 0.25) is 0 Å². The van der Waals surface area contributed by atoms with E-state index in [0.29, 0.717) is 5.92 Å². The monoisotopic (exact) mass is 341 g/mol. The van der Waals surface area contributed by atoms with Crippen LogP contribution in [0, 0.1) is 5.92 Å². The van der Waals surface area contributed by atoms with Gasteiger partial charge in [-0.2, -0.15) is 0 Å². The second kappa shape index (κ2) is 7.31. The minimum Gasteiger partial charge on any atom is -0.368 e. The number of ether oxygens (including phenoxy) is 1. The van der Waals surface area contributed by atoms with Gasteiger partial charge in [-0.25, -0.2) is 0 Å². The van der Waals surface area contributed by atoms with Crippen LogP contribution in [-0.2, 0) is 16.1 Å². The van der Waals surface area contributed by atoms with Crippen LogP contribution in [0.2, 0.25) is 0 Å². The van der Waals surface area contributed by atoms with E-state index in [1.54, 1.807) is 6.20 Å². The first kappa shape index (κ1) is 16.2. The number of carbonyl (C=O) groups excluding carboxylic acids is 1. The molecule has 0 aromatic carbocycles. The van der Waals surface area contributed by atoms with Crippen molar-refractivity contribution in [3.8, 4) is 11.4 Å². The summed E-state index contributed by atoms with van der Waals surface area (Å²) in [5, 5.41) is 8.45. The van der Waals surface area contributed by atoms with Crippen LogP contribution in [0.15, 0.2) is 30.6 Å². The summed E-state index contributed by atoms with van der Waals surface area (Å²) in [6.07, 6.45) is 7.37. The lowest BCUT2D eigenvalue weighted by Crippen LogP contribution is -2.44. The van der Waals surface area contributed by atoms with Gasteiger partial charge in [0.05, 0.1) is 11.9 Å². The molecule has 0 bridgehead atoms. The molecule has 132 valence electrons. The Morgan fingerprint density at radius 2 is 2.08 bits per heavy atom. The highest BCUT2D eigenvalue weighted by Gasteiger charge is 2.31. The van der Waals surface area contributed by atoms with Crippen molar-refractivity contribution in [3.05, 3.63) is 30.6 Å². The Morgan fingerprint density at radius 1 is 1.20 bits per heavy atom. The predicted molar refractivity (Wildman–Crippen MR) is 91.5 cm³/mol. The summed E-state index contributed by atoms with van der Waals surface area (Å²) in [6.45, 7) is 3.18. The van der Waals surface area contributed by atoms with Crippen molar-refractivity contribution in [2.24, 2.45) is 5.92 Å². The van der Waals surface area contributed by atoms with Crippen molar-refractivity contribution in [2.45, 2.75) is 38.3 Å². The molecule has 2 aliphatic heterocycles. The lowest BCUT2D eigenvalue weighted by Gasteiger charge is -2.33. The van der Waals surface area contributed by atoms with Gasteiger partial charge >= 0.3 is 0 Å². The highest BCUT2D eigenvalue weighted by molar-refractivity contribution is 5.81. The van der Waals surface area contributed by atoms with E-state index in [2.05, 4.69) is 15.3 Å². The molecular weight excluding hydrogens is 318 g/mol. The second-order valence-electron chi connectivity index (χ2n) is 6.81. The van der Waals surface area contributed by atoms with Crippen molar-refractivity contribution in [1.29, 1.82) is 0 Å². The normalized spacial score (nSPS) is 21.6. The van der Waals surface area contributed by atoms with Crippen molar-refractivity contribution >= 4 is 5.91 Å². The van der Waals surface area contributed by atoms with Crippen molar-refractivity contribution < 1.29 is 9.53 Å². The van der Waals surface area contributed by atoms with E-state index in [9.17, 15) is 4.79 Å². The molecular formula is C18H23N5O2. The highest BCUT2D eigenvalue weighted by atomic mass is 16.5. The molecule has 2 aromatic heterocycles. The largest absolute Gasteiger partial charge is 0.368 e. The Kier molecular flexibility index (Phi) is 4.74. The fourth-order valence-electron chi connectivity index (χ4n) is 3.60. The molecule has 25 heavy (non-hydrogen) atoms. The fourth-order valence-corrected chi connectivity index (χ4v) is 3.60. The first-order valence-electron chi connectivity index (χ1n) is 9.01. The molecule has 7 heteroatoms. The molecule has 0 spiro atoms. The molecule has 4 heterocycles. The highest BCUT2D eigenvalue weighted by Crippen LogP contribution is 2.23. The smallest absolute Gasteiger partial charge is 0.251 e. The van der Waals surface area contributed by atoms with Gasteiger partial charge in [0.25, 0.3) is 5.91 Å². The first-order chi connectivity index (χ1) is 12.3. The molecule has 2 aliphatic rings. The summed E-state index contributed by atoms with van der Waals surface area (Å²) in [5.41, 5.74) is 1.64. The number of amides is 1. The number of pyridine rings is 1. The molecule has 2 aromatic rings. The minimum atomic E-state index is -0.201. The summed E-state index contributed by atoms with van der Waals surface area (Å²) in [4.78, 5) is 18.7. The van der Waals surface area contributed by atoms with E-state index in [1.165, 1.54) is 0 Å². The number of carbonyl (C=O) groups is 1. The number of piperidine rings is 1. The lowest BCUT2D eigenvalue weighted by molar-refractivity contribution is -0.142. The average molecular weight is 341 g/mol. The zero-order valence-corrected chi connectivity index (χ0v) is 14.3. The summed E-state index contributed by atoms with van der Waals surface area (Å²) >= 11 is 0. The topological polar surface area (TPSA) is 73.1 Å². The standard InChI is InChI=1S/C18H23N5O2/c24-18(17-5-3-11-25-17)22-9-6-14(7-10-22)12-23-13-16(20-21-23)15-4-1-2-8-19-15/h1-2,4,8,13-14,17H,3,5-7,9-12H2/t17-/m0/s1. The number of aromatic nitrogens is 4. The summed E-state index contributed by atoms with van der Waals surface area (Å²) in [7, 11) is 0. The summed E-state index contributed by atoms with van der Waals surface area (Å²) < 4.78 is 7.41. The first-order valence-corrected chi connectivity index (χ1v) is 9.01. The molecule has 0 aliphatic carbocycles. The van der Waals surface area contributed by atoms with Gasteiger partial charge in [-0.3, -0.25) is 14.5 Å². The van der Waals surface area contributed by atoms with Gasteiger partial charge in [-0.1, -0.05) is 11.3 Å². The van der Waals surface area contributed by atoms with Crippen LogP contribution in [0.5, 0.6) is 0 Å². The van der Waals surface area contributed by atoms with Gasteiger partial charge in [-0.15, -0.1) is 5.10 Å². The van der Waals surface area contributed by atoms with E-state index in [4.69, 9.17) is 4.74 Å². The Labute approximate surface area is 147 Å². The van der Waals surface area contributed by atoms with Crippen LogP contribution in [0.25, 0.3) is 11.4 Å². The molecule has 2 fully saturated rings. The van der Waals surface area contributed by atoms with Crippen LogP contribution >= 0.6 is 0 Å². The molecule has 0 N–H and O–H groups in total. The van der Waals surface area contributed by atoms with Gasteiger partial charge < -0.3 is 9.64 Å². The molecule has 7 nitrogen and oxygen atoms in total. The molecule has 1 amide bonds. The third-order valence-electron chi connectivity index (χ3n) is 5.04. The number of nitrogens with zero attached hydrogens (tertiary/aromatic N) is 5. The zero-order valence-electron chi connectivity index (χ0n) is 14.3. The van der Waals surface area contributed by atoms with Crippen LogP contribution in [0.3, 0.4) is 0 Å². The van der Waals surface area contributed by atoms with E-state index >= 15 is 0 Å². The molecule has 0 radical (unpaired) electrons. The van der Waals surface area contributed by atoms with Gasteiger partial charge in [-0.05, 0) is 43.7 Å². The quantitative estimate of drug-likeness (QED) is 0.847. The van der Waals surface area contributed by atoms with Crippen molar-refractivity contribution in [2.75, 3.05) is 19.7 Å². The minimum absolute atomic E-state index is 0.175. The Hall–Kier alpha value is -2.28. The summed E-state index contributed by atoms with van der Waals surface area (Å²) in [6, 6.07) is 5.77. The fraction of sp³-hybridized carbons (Fsp3) is 0.556. The Morgan fingerprint density at radius 3 is 2.80 bits per heavy atom. The van der Waals surface area contributed by atoms with Crippen LogP contribution < -0.4 is 0 Å². The third-order valence-corrected chi connectivity index (χ3v) is 5.04. The second-order valence-corrected chi connectivity index (χ2v) is 6.81. The summed E-state index contributed by atoms with van der Waals surface area (Å²) in [5.74, 6) is 0.695. The van der Waals surface area contributed by atoms with Gasteiger partial charge in [0, 0.05) is 32.4 Å². The van der Waals surface area contributed by atoms with E-state index < -0.39 is 0 Å². The molecule has 0 saturated carbocycles. The predicted octanol–water partition coefficient (Wildman–Crippen LogP) is 1.76. The molecule has 2 saturated heterocycles. The van der Waals surface area contributed by atoms with Gasteiger partial charge in [0.15, 0.2) is 0 Å². The van der Waals surface area contributed by atoms with Crippen LogP contribution in [0.4, 0.5) is 0 Å². The van der Waals surface area contributed by atoms with E-state index in [0.717, 1.165) is 63.3 Å². The lowest BCUT2D eigenvalue weighted by atomic mass is 9.96. The molecule has 4 rings (SSSR count). The van der Waals surface area contributed by atoms with Crippen LogP contribution in [0.1, 0.15) is 25.7 Å². The van der Waals surface area contributed by atoms with Crippen molar-refractivity contribution in [3.63, 3.8) is 0 Å². The number of likely N-dealkylation sites (tertiary alicyclic amines) is 1. The number of rotatable bonds is 4. The zero-order chi connectivity index (χ0) is 17.1. The average Bonchev–Trinajstić information content (AvgIpc) is 3.35. The number of hydrogen-bond donors (Lipinski definition) is 0. The van der Waals surface area contributed by atoms with Gasteiger partial charge in [0.1, 0.15) is 11.8 Å². The van der Waals surface area contributed by atoms with Crippen molar-refractivity contribution in [1.82, 2.24) is 24.9 Å². The molecule has 1 atom stereocenters.